The van der Waals surface area contributed by atoms with Gasteiger partial charge in [-0.3, -0.25) is 9.59 Å². The standard InChI is InChI=1S/C14H12O2.C2H6/c1-9(15)11-7-8-12(10(2)16)14-6-4-3-5-13(11)14;1-2/h3-8H,1-2H3;1-2H3. The minimum atomic E-state index is 0.0197. The van der Waals surface area contributed by atoms with E-state index in [1.165, 1.54) is 13.8 Å². The third-order valence-corrected chi connectivity index (χ3v) is 2.68. The van der Waals surface area contributed by atoms with Crippen molar-refractivity contribution in [3.05, 3.63) is 47.5 Å². The van der Waals surface area contributed by atoms with Gasteiger partial charge in [0.05, 0.1) is 0 Å². The average molecular weight is 242 g/mol. The Morgan fingerprint density at radius 1 is 0.722 bits per heavy atom. The highest BCUT2D eigenvalue weighted by Crippen LogP contribution is 2.23. The molecule has 0 atom stereocenters. The van der Waals surface area contributed by atoms with Crippen LogP contribution in [0, 0.1) is 0 Å². The minimum Gasteiger partial charge on any atom is -0.294 e. The Hall–Kier alpha value is -1.96. The third kappa shape index (κ3) is 2.65. The molecule has 0 aromatic heterocycles. The first kappa shape index (κ1) is 14.1. The third-order valence-electron chi connectivity index (χ3n) is 2.68. The fourth-order valence-corrected chi connectivity index (χ4v) is 1.91. The van der Waals surface area contributed by atoms with Crippen LogP contribution in [0.25, 0.3) is 10.8 Å². The van der Waals surface area contributed by atoms with Gasteiger partial charge in [0.15, 0.2) is 11.6 Å². The zero-order valence-electron chi connectivity index (χ0n) is 11.3. The lowest BCUT2D eigenvalue weighted by Gasteiger charge is -2.06. The van der Waals surface area contributed by atoms with Gasteiger partial charge in [0.1, 0.15) is 0 Å². The number of carbonyl (C=O) groups is 2. The molecule has 0 aliphatic heterocycles. The van der Waals surface area contributed by atoms with Crippen LogP contribution in [-0.4, -0.2) is 11.6 Å². The van der Waals surface area contributed by atoms with Crippen molar-refractivity contribution >= 4 is 22.3 Å². The molecule has 0 saturated carbocycles. The molecule has 2 aromatic carbocycles. The lowest BCUT2D eigenvalue weighted by molar-refractivity contribution is 0.100. The summed E-state index contributed by atoms with van der Waals surface area (Å²) in [4.78, 5) is 22.9. The van der Waals surface area contributed by atoms with Gasteiger partial charge < -0.3 is 0 Å². The maximum absolute atomic E-state index is 11.5. The normalized spacial score (nSPS) is 9.56. The zero-order valence-corrected chi connectivity index (χ0v) is 11.3. The molecule has 0 aliphatic rings. The molecule has 0 bridgehead atoms. The number of carbonyl (C=O) groups excluding carboxylic acids is 2. The number of ketones is 2. The largest absolute Gasteiger partial charge is 0.294 e. The summed E-state index contributed by atoms with van der Waals surface area (Å²) < 4.78 is 0. The monoisotopic (exact) mass is 242 g/mol. The van der Waals surface area contributed by atoms with E-state index in [1.807, 2.05) is 38.1 Å². The summed E-state index contributed by atoms with van der Waals surface area (Å²) in [5.41, 5.74) is 1.33. The zero-order chi connectivity index (χ0) is 13.7. The Bertz CT molecular complexity index is 530. The van der Waals surface area contributed by atoms with Crippen molar-refractivity contribution in [2.45, 2.75) is 27.7 Å². The van der Waals surface area contributed by atoms with Crippen LogP contribution in [0.3, 0.4) is 0 Å². The molecule has 0 aliphatic carbocycles. The van der Waals surface area contributed by atoms with E-state index < -0.39 is 0 Å². The number of fused-ring (bicyclic) bond motifs is 1. The molecule has 0 N–H and O–H groups in total. The van der Waals surface area contributed by atoms with Crippen molar-refractivity contribution in [1.82, 2.24) is 0 Å². The first-order chi connectivity index (χ1) is 8.61. The highest BCUT2D eigenvalue weighted by atomic mass is 16.1. The fourth-order valence-electron chi connectivity index (χ4n) is 1.91. The van der Waals surface area contributed by atoms with Crippen LogP contribution in [0.2, 0.25) is 0 Å². The van der Waals surface area contributed by atoms with E-state index >= 15 is 0 Å². The molecule has 0 heterocycles. The van der Waals surface area contributed by atoms with Gasteiger partial charge in [-0.05, 0) is 24.6 Å². The molecule has 0 unspecified atom stereocenters. The lowest BCUT2D eigenvalue weighted by atomic mass is 9.96. The predicted molar refractivity (Wildman–Crippen MR) is 75.3 cm³/mol. The molecule has 0 saturated heterocycles. The van der Waals surface area contributed by atoms with Gasteiger partial charge in [0.25, 0.3) is 0 Å². The first-order valence-corrected chi connectivity index (χ1v) is 6.15. The minimum absolute atomic E-state index is 0.0197. The molecular formula is C16H18O2. The van der Waals surface area contributed by atoms with Gasteiger partial charge in [-0.1, -0.05) is 50.2 Å². The van der Waals surface area contributed by atoms with Crippen molar-refractivity contribution < 1.29 is 9.59 Å². The molecule has 2 nitrogen and oxygen atoms in total. The maximum Gasteiger partial charge on any atom is 0.160 e. The second kappa shape index (κ2) is 6.10. The molecule has 0 spiro atoms. The first-order valence-electron chi connectivity index (χ1n) is 6.15. The van der Waals surface area contributed by atoms with E-state index in [4.69, 9.17) is 0 Å². The topological polar surface area (TPSA) is 34.1 Å². The molecule has 2 rings (SSSR count). The summed E-state index contributed by atoms with van der Waals surface area (Å²) in [5.74, 6) is 0.0394. The Kier molecular flexibility index (Phi) is 4.78. The summed E-state index contributed by atoms with van der Waals surface area (Å²) in [5, 5.41) is 1.70. The second-order valence-corrected chi connectivity index (χ2v) is 3.82. The molecule has 2 aromatic rings. The summed E-state index contributed by atoms with van der Waals surface area (Å²) in [6.45, 7) is 7.07. The maximum atomic E-state index is 11.5. The van der Waals surface area contributed by atoms with Crippen LogP contribution >= 0.6 is 0 Å². The van der Waals surface area contributed by atoms with E-state index in [-0.39, 0.29) is 11.6 Å². The van der Waals surface area contributed by atoms with E-state index in [0.29, 0.717) is 11.1 Å². The lowest BCUT2D eigenvalue weighted by Crippen LogP contribution is -1.99. The van der Waals surface area contributed by atoms with Crippen LogP contribution in [0.15, 0.2) is 36.4 Å². The molecular weight excluding hydrogens is 224 g/mol. The van der Waals surface area contributed by atoms with Gasteiger partial charge in [0, 0.05) is 11.1 Å². The Morgan fingerprint density at radius 3 is 1.33 bits per heavy atom. The highest BCUT2D eigenvalue weighted by molar-refractivity contribution is 6.14. The molecule has 0 radical (unpaired) electrons. The fraction of sp³-hybridized carbons (Fsp3) is 0.250. The smallest absolute Gasteiger partial charge is 0.160 e. The van der Waals surface area contributed by atoms with Gasteiger partial charge in [0.2, 0.25) is 0 Å². The highest BCUT2D eigenvalue weighted by Gasteiger charge is 2.10. The molecule has 18 heavy (non-hydrogen) atoms. The Labute approximate surface area is 108 Å². The van der Waals surface area contributed by atoms with Crippen molar-refractivity contribution in [3.63, 3.8) is 0 Å². The van der Waals surface area contributed by atoms with Crippen LogP contribution < -0.4 is 0 Å². The SMILES string of the molecule is CC.CC(=O)c1ccc(C(C)=O)c2ccccc12. The number of rotatable bonds is 2. The molecule has 2 heteroatoms. The summed E-state index contributed by atoms with van der Waals surface area (Å²) >= 11 is 0. The van der Waals surface area contributed by atoms with Gasteiger partial charge in [-0.2, -0.15) is 0 Å². The van der Waals surface area contributed by atoms with Crippen molar-refractivity contribution in [3.8, 4) is 0 Å². The number of hydrogen-bond acceptors (Lipinski definition) is 2. The summed E-state index contributed by atoms with van der Waals surface area (Å²) in [6.07, 6.45) is 0. The van der Waals surface area contributed by atoms with E-state index in [1.54, 1.807) is 12.1 Å². The number of benzene rings is 2. The van der Waals surface area contributed by atoms with E-state index in [9.17, 15) is 9.59 Å². The van der Waals surface area contributed by atoms with Crippen LogP contribution in [0.1, 0.15) is 48.4 Å². The van der Waals surface area contributed by atoms with Crippen LogP contribution in [0.5, 0.6) is 0 Å². The molecule has 94 valence electrons. The number of hydrogen-bond donors (Lipinski definition) is 0. The van der Waals surface area contributed by atoms with Crippen LogP contribution in [-0.2, 0) is 0 Å². The van der Waals surface area contributed by atoms with Crippen molar-refractivity contribution in [2.24, 2.45) is 0 Å². The molecule has 0 fully saturated rings. The van der Waals surface area contributed by atoms with E-state index in [0.717, 1.165) is 10.8 Å². The average Bonchev–Trinajstić information content (AvgIpc) is 2.39. The van der Waals surface area contributed by atoms with Gasteiger partial charge in [-0.15, -0.1) is 0 Å². The quantitative estimate of drug-likeness (QED) is 0.737. The van der Waals surface area contributed by atoms with Gasteiger partial charge >= 0.3 is 0 Å². The Morgan fingerprint density at radius 2 is 1.06 bits per heavy atom. The number of Topliss-reactive ketones (excluding diaryl/α,β-unsaturated/α-hetero) is 2. The van der Waals surface area contributed by atoms with Gasteiger partial charge in [-0.25, -0.2) is 0 Å². The summed E-state index contributed by atoms with van der Waals surface area (Å²) in [7, 11) is 0. The molecule has 0 amide bonds. The second-order valence-electron chi connectivity index (χ2n) is 3.82. The summed E-state index contributed by atoms with van der Waals surface area (Å²) in [6, 6.07) is 10.9. The Balaban J connectivity index is 0.000000771. The predicted octanol–water partition coefficient (Wildman–Crippen LogP) is 4.27. The van der Waals surface area contributed by atoms with E-state index in [2.05, 4.69) is 0 Å². The van der Waals surface area contributed by atoms with Crippen molar-refractivity contribution in [2.75, 3.05) is 0 Å². The van der Waals surface area contributed by atoms with Crippen molar-refractivity contribution in [1.29, 1.82) is 0 Å². The van der Waals surface area contributed by atoms with Crippen LogP contribution in [0.4, 0.5) is 0 Å².